The Bertz CT molecular complexity index is 789. The number of hydrogen-bond donors (Lipinski definition) is 2. The van der Waals surface area contributed by atoms with Crippen LogP contribution in [-0.2, 0) is 10.0 Å². The van der Waals surface area contributed by atoms with Crippen LogP contribution in [0.2, 0.25) is 0 Å². The van der Waals surface area contributed by atoms with Gasteiger partial charge in [0.1, 0.15) is 4.90 Å². The Balaban J connectivity index is 1.57. The van der Waals surface area contributed by atoms with Crippen LogP contribution in [0.4, 0.5) is 5.69 Å². The quantitative estimate of drug-likeness (QED) is 0.630. The molecule has 0 amide bonds. The topological polar surface area (TPSA) is 58.2 Å². The monoisotopic (exact) mass is 474 g/mol. The van der Waals surface area contributed by atoms with Gasteiger partial charge < -0.3 is 5.32 Å². The average molecular weight is 476 g/mol. The molecule has 1 aromatic rings. The summed E-state index contributed by atoms with van der Waals surface area (Å²) in [6, 6.07) is 3.58. The van der Waals surface area contributed by atoms with E-state index in [4.69, 9.17) is 0 Å². The summed E-state index contributed by atoms with van der Waals surface area (Å²) in [5.74, 6) is 2.37. The summed E-state index contributed by atoms with van der Waals surface area (Å²) in [6.45, 7) is 0. The first-order valence-electron chi connectivity index (χ1n) is 8.63. The van der Waals surface area contributed by atoms with Gasteiger partial charge in [-0.15, -0.1) is 0 Å². The maximum absolute atomic E-state index is 12.9. The Morgan fingerprint density at radius 3 is 2.17 bits per heavy atom. The molecule has 0 spiro atoms. The van der Waals surface area contributed by atoms with Gasteiger partial charge in [-0.3, -0.25) is 0 Å². The molecule has 4 fully saturated rings. The maximum Gasteiger partial charge on any atom is 0.244 e. The summed E-state index contributed by atoms with van der Waals surface area (Å²) < 4.78 is 30.3. The van der Waals surface area contributed by atoms with Crippen molar-refractivity contribution in [1.82, 2.24) is 4.72 Å². The fourth-order valence-electron chi connectivity index (χ4n) is 6.10. The van der Waals surface area contributed by atoms with Crippen LogP contribution in [0.25, 0.3) is 0 Å². The number of fused-ring (bicyclic) bond motifs is 1. The largest absolute Gasteiger partial charge is 0.366 e. The van der Waals surface area contributed by atoms with E-state index in [0.717, 1.165) is 46.0 Å². The Kier molecular flexibility index (Phi) is 3.49. The second-order valence-corrected chi connectivity index (χ2v) is 11.7. The van der Waals surface area contributed by atoms with Crippen LogP contribution in [-0.4, -0.2) is 14.6 Å². The summed E-state index contributed by atoms with van der Waals surface area (Å²) in [7, 11) is -3.50. The number of nitrogens with one attached hydrogen (secondary N) is 2. The van der Waals surface area contributed by atoms with E-state index in [9.17, 15) is 8.42 Å². The highest BCUT2D eigenvalue weighted by Gasteiger charge is 2.56. The van der Waals surface area contributed by atoms with E-state index in [1.165, 1.54) is 19.3 Å². The van der Waals surface area contributed by atoms with Crippen LogP contribution in [0.1, 0.15) is 38.5 Å². The van der Waals surface area contributed by atoms with E-state index in [1.54, 1.807) is 6.07 Å². The summed E-state index contributed by atoms with van der Waals surface area (Å²) in [5, 5.41) is 3.55. The van der Waals surface area contributed by atoms with Gasteiger partial charge in [0.15, 0.2) is 0 Å². The van der Waals surface area contributed by atoms with E-state index in [1.807, 2.05) is 6.07 Å². The highest BCUT2D eigenvalue weighted by Crippen LogP contribution is 2.61. The van der Waals surface area contributed by atoms with Gasteiger partial charge in [0.05, 0.1) is 11.9 Å². The number of anilines is 1. The van der Waals surface area contributed by atoms with Crippen LogP contribution in [0.3, 0.4) is 0 Å². The van der Waals surface area contributed by atoms with Crippen molar-refractivity contribution >= 4 is 47.6 Å². The van der Waals surface area contributed by atoms with Crippen LogP contribution >= 0.6 is 31.9 Å². The van der Waals surface area contributed by atoms with E-state index in [0.29, 0.717) is 10.6 Å². The molecule has 1 atom stereocenters. The zero-order valence-corrected chi connectivity index (χ0v) is 17.2. The van der Waals surface area contributed by atoms with Crippen molar-refractivity contribution < 1.29 is 8.42 Å². The lowest BCUT2D eigenvalue weighted by Crippen LogP contribution is -2.61. The highest BCUT2D eigenvalue weighted by molar-refractivity contribution is 9.11. The number of rotatable bonds is 1. The fourth-order valence-corrected chi connectivity index (χ4v) is 9.19. The lowest BCUT2D eigenvalue weighted by atomic mass is 9.48. The molecule has 5 aliphatic rings. The van der Waals surface area contributed by atoms with Crippen molar-refractivity contribution in [3.05, 3.63) is 21.1 Å². The van der Waals surface area contributed by atoms with Crippen LogP contribution < -0.4 is 10.0 Å². The van der Waals surface area contributed by atoms with Gasteiger partial charge in [0.25, 0.3) is 0 Å². The highest BCUT2D eigenvalue weighted by atomic mass is 79.9. The molecule has 4 bridgehead atoms. The first kappa shape index (κ1) is 16.1. The Morgan fingerprint density at radius 2 is 1.58 bits per heavy atom. The fraction of sp³-hybridized carbons (Fsp3) is 0.647. The minimum absolute atomic E-state index is 0.0754. The third-order valence-corrected chi connectivity index (χ3v) is 9.10. The summed E-state index contributed by atoms with van der Waals surface area (Å²) in [4.78, 5) is 0.324. The molecule has 4 aliphatic carbocycles. The minimum Gasteiger partial charge on any atom is -0.366 e. The molecule has 1 aromatic carbocycles. The standard InChI is InChI=1S/C17H20Br2N2O2S/c18-12-4-13(19)15-14(5-12)24(22,23)21-16(20-15)17-6-9-1-10(7-17)3-11(2-9)8-17/h4-5,9-11,16,20-21H,1-3,6-8H2. The molecule has 1 aliphatic heterocycles. The number of hydrogen-bond acceptors (Lipinski definition) is 3. The zero-order valence-electron chi connectivity index (χ0n) is 13.2. The van der Waals surface area contributed by atoms with E-state index in [2.05, 4.69) is 41.9 Å². The van der Waals surface area contributed by atoms with Gasteiger partial charge >= 0.3 is 0 Å². The Morgan fingerprint density at radius 1 is 1.00 bits per heavy atom. The average Bonchev–Trinajstić information content (AvgIpc) is 2.46. The Hall–Kier alpha value is -0.110. The van der Waals surface area contributed by atoms with Crippen LogP contribution in [0.15, 0.2) is 26.0 Å². The van der Waals surface area contributed by atoms with Gasteiger partial charge in [-0.05, 0) is 84.3 Å². The minimum atomic E-state index is -3.50. The zero-order chi connectivity index (χ0) is 16.7. The molecule has 130 valence electrons. The van der Waals surface area contributed by atoms with Gasteiger partial charge in [-0.1, -0.05) is 15.9 Å². The Labute approximate surface area is 159 Å². The molecule has 24 heavy (non-hydrogen) atoms. The molecular weight excluding hydrogens is 456 g/mol. The van der Waals surface area contributed by atoms with E-state index >= 15 is 0 Å². The third-order valence-electron chi connectivity index (χ3n) is 6.57. The summed E-state index contributed by atoms with van der Waals surface area (Å²) in [5.41, 5.74) is 0.782. The van der Waals surface area contributed by atoms with Crippen LogP contribution in [0.5, 0.6) is 0 Å². The molecule has 1 unspecified atom stereocenters. The molecule has 1 heterocycles. The molecule has 4 nitrogen and oxygen atoms in total. The second-order valence-electron chi connectivity index (χ2n) is 8.24. The lowest BCUT2D eigenvalue weighted by Gasteiger charge is -2.59. The van der Waals surface area contributed by atoms with Gasteiger partial charge in [-0.2, -0.15) is 4.72 Å². The first-order valence-corrected chi connectivity index (χ1v) is 11.7. The molecule has 6 rings (SSSR count). The summed E-state index contributed by atoms with van der Waals surface area (Å²) >= 11 is 6.93. The van der Waals surface area contributed by atoms with E-state index < -0.39 is 10.0 Å². The third kappa shape index (κ3) is 2.34. The SMILES string of the molecule is O=S1(=O)NC(C23CC4CC(CC(C4)C2)C3)Nc2c(Br)cc(Br)cc21. The molecular formula is C17H20Br2N2O2S. The van der Waals surface area contributed by atoms with Gasteiger partial charge in [0.2, 0.25) is 10.0 Å². The smallest absolute Gasteiger partial charge is 0.244 e. The second kappa shape index (κ2) is 5.21. The van der Waals surface area contributed by atoms with Crippen molar-refractivity contribution in [2.24, 2.45) is 23.2 Å². The molecule has 0 saturated heterocycles. The predicted molar refractivity (Wildman–Crippen MR) is 100 cm³/mol. The maximum atomic E-state index is 12.9. The molecule has 4 saturated carbocycles. The van der Waals surface area contributed by atoms with Crippen molar-refractivity contribution in [3.8, 4) is 0 Å². The molecule has 0 radical (unpaired) electrons. The lowest BCUT2D eigenvalue weighted by molar-refractivity contribution is -0.0652. The first-order chi connectivity index (χ1) is 11.3. The molecule has 0 aromatic heterocycles. The van der Waals surface area contributed by atoms with Crippen molar-refractivity contribution in [3.63, 3.8) is 0 Å². The predicted octanol–water partition coefficient (Wildman–Crippen LogP) is 4.46. The number of sulfonamides is 1. The van der Waals surface area contributed by atoms with Crippen molar-refractivity contribution in [2.45, 2.75) is 49.6 Å². The number of benzene rings is 1. The van der Waals surface area contributed by atoms with Gasteiger partial charge in [0, 0.05) is 14.4 Å². The normalized spacial score (nSPS) is 41.8. The summed E-state index contributed by atoms with van der Waals surface area (Å²) in [6.07, 6.45) is 7.33. The van der Waals surface area contributed by atoms with Crippen molar-refractivity contribution in [2.75, 3.05) is 5.32 Å². The van der Waals surface area contributed by atoms with Crippen LogP contribution in [0, 0.1) is 23.2 Å². The number of halogens is 2. The molecule has 2 N–H and O–H groups in total. The van der Waals surface area contributed by atoms with Crippen molar-refractivity contribution in [1.29, 1.82) is 0 Å². The van der Waals surface area contributed by atoms with E-state index in [-0.39, 0.29) is 11.6 Å². The van der Waals surface area contributed by atoms with Gasteiger partial charge in [-0.25, -0.2) is 8.42 Å². The molecule has 7 heteroatoms.